The summed E-state index contributed by atoms with van der Waals surface area (Å²) in [4.78, 5) is 61.5. The topological polar surface area (TPSA) is 125 Å². The summed E-state index contributed by atoms with van der Waals surface area (Å²) in [5, 5.41) is 5.12. The lowest BCUT2D eigenvalue weighted by Gasteiger charge is -2.19. The van der Waals surface area contributed by atoms with E-state index in [0.717, 1.165) is 17.7 Å². The standard InChI is InChI=1S/C17H26N4O6/c1-20(2)13(23)10-18-12(22)11-27-14(24)6-5-9-21-15(25)17(19-16(21)26)7-3-4-8-17/h3-11H2,1-2H3,(H,18,22)(H,19,26). The fourth-order valence-electron chi connectivity index (χ4n) is 3.18. The Hall–Kier alpha value is -2.65. The Labute approximate surface area is 157 Å². The van der Waals surface area contributed by atoms with Crippen molar-refractivity contribution in [3.05, 3.63) is 0 Å². The molecular weight excluding hydrogens is 356 g/mol. The molecule has 0 aromatic rings. The summed E-state index contributed by atoms with van der Waals surface area (Å²) in [7, 11) is 3.13. The highest BCUT2D eigenvalue weighted by Gasteiger charge is 2.52. The van der Waals surface area contributed by atoms with Crippen molar-refractivity contribution in [3.8, 4) is 0 Å². The summed E-state index contributed by atoms with van der Waals surface area (Å²) < 4.78 is 4.83. The summed E-state index contributed by atoms with van der Waals surface area (Å²) in [5.41, 5.74) is -0.750. The van der Waals surface area contributed by atoms with Crippen LogP contribution in [0.3, 0.4) is 0 Å². The molecule has 1 saturated carbocycles. The highest BCUT2D eigenvalue weighted by molar-refractivity contribution is 6.07. The third-order valence-electron chi connectivity index (χ3n) is 4.77. The summed E-state index contributed by atoms with van der Waals surface area (Å²) in [6.45, 7) is -0.520. The fourth-order valence-corrected chi connectivity index (χ4v) is 3.18. The molecule has 1 heterocycles. The molecule has 2 N–H and O–H groups in total. The van der Waals surface area contributed by atoms with Crippen molar-refractivity contribution in [1.82, 2.24) is 20.4 Å². The lowest BCUT2D eigenvalue weighted by Crippen LogP contribution is -2.44. The molecule has 0 aromatic heterocycles. The van der Waals surface area contributed by atoms with E-state index in [-0.39, 0.29) is 37.7 Å². The molecule has 10 nitrogen and oxygen atoms in total. The van der Waals surface area contributed by atoms with Crippen LogP contribution in [0, 0.1) is 0 Å². The van der Waals surface area contributed by atoms with Crippen LogP contribution in [0.2, 0.25) is 0 Å². The molecule has 1 saturated heterocycles. The van der Waals surface area contributed by atoms with Gasteiger partial charge in [0.25, 0.3) is 11.8 Å². The summed E-state index contributed by atoms with van der Waals surface area (Å²) in [6.07, 6.45) is 3.37. The largest absolute Gasteiger partial charge is 0.456 e. The normalized spacial score (nSPS) is 17.8. The second-order valence-corrected chi connectivity index (χ2v) is 7.01. The minimum absolute atomic E-state index is 0.0199. The average molecular weight is 382 g/mol. The van der Waals surface area contributed by atoms with E-state index < -0.39 is 30.1 Å². The van der Waals surface area contributed by atoms with Gasteiger partial charge in [-0.1, -0.05) is 12.8 Å². The van der Waals surface area contributed by atoms with E-state index in [2.05, 4.69) is 10.6 Å². The second-order valence-electron chi connectivity index (χ2n) is 7.01. The maximum absolute atomic E-state index is 12.4. The maximum Gasteiger partial charge on any atom is 0.325 e. The number of ether oxygens (including phenoxy) is 1. The van der Waals surface area contributed by atoms with E-state index in [4.69, 9.17) is 4.74 Å². The number of hydrogen-bond donors (Lipinski definition) is 2. The molecule has 1 aliphatic carbocycles. The number of nitrogens with one attached hydrogen (secondary N) is 2. The minimum atomic E-state index is -0.750. The molecular formula is C17H26N4O6. The van der Waals surface area contributed by atoms with Crippen LogP contribution in [-0.2, 0) is 23.9 Å². The molecule has 1 spiro atoms. The van der Waals surface area contributed by atoms with E-state index in [1.54, 1.807) is 14.1 Å². The van der Waals surface area contributed by atoms with Crippen molar-refractivity contribution in [3.63, 3.8) is 0 Å². The van der Waals surface area contributed by atoms with Gasteiger partial charge in [-0.25, -0.2) is 4.79 Å². The Morgan fingerprint density at radius 1 is 1.22 bits per heavy atom. The summed E-state index contributed by atoms with van der Waals surface area (Å²) >= 11 is 0. The first kappa shape index (κ1) is 20.7. The van der Waals surface area contributed by atoms with Crippen molar-refractivity contribution in [1.29, 1.82) is 0 Å². The van der Waals surface area contributed by atoms with Gasteiger partial charge in [-0.15, -0.1) is 0 Å². The van der Waals surface area contributed by atoms with Crippen LogP contribution in [0.5, 0.6) is 0 Å². The Morgan fingerprint density at radius 2 is 1.89 bits per heavy atom. The number of nitrogens with zero attached hydrogens (tertiary/aromatic N) is 2. The molecule has 2 fully saturated rings. The first-order chi connectivity index (χ1) is 12.7. The molecule has 0 unspecified atom stereocenters. The summed E-state index contributed by atoms with van der Waals surface area (Å²) in [5.74, 6) is -1.67. The molecule has 2 rings (SSSR count). The van der Waals surface area contributed by atoms with Crippen LogP contribution in [0.15, 0.2) is 0 Å². The van der Waals surface area contributed by atoms with Gasteiger partial charge < -0.3 is 20.3 Å². The zero-order chi connectivity index (χ0) is 20.0. The van der Waals surface area contributed by atoms with E-state index in [0.29, 0.717) is 12.8 Å². The van der Waals surface area contributed by atoms with Crippen LogP contribution >= 0.6 is 0 Å². The van der Waals surface area contributed by atoms with Crippen molar-refractivity contribution in [2.24, 2.45) is 0 Å². The van der Waals surface area contributed by atoms with E-state index in [1.807, 2.05) is 0 Å². The third kappa shape index (κ3) is 5.18. The maximum atomic E-state index is 12.4. The molecule has 10 heteroatoms. The van der Waals surface area contributed by atoms with E-state index in [9.17, 15) is 24.0 Å². The predicted octanol–water partition coefficient (Wildman–Crippen LogP) is -0.621. The molecule has 2 aliphatic rings. The number of carbonyl (C=O) groups is 5. The third-order valence-corrected chi connectivity index (χ3v) is 4.77. The predicted molar refractivity (Wildman–Crippen MR) is 93.3 cm³/mol. The minimum Gasteiger partial charge on any atom is -0.456 e. The van der Waals surface area contributed by atoms with Crippen LogP contribution in [0.4, 0.5) is 4.79 Å². The van der Waals surface area contributed by atoms with Crippen LogP contribution in [-0.4, -0.2) is 78.9 Å². The Balaban J connectivity index is 1.65. The van der Waals surface area contributed by atoms with Gasteiger partial charge in [0, 0.05) is 27.1 Å². The molecule has 5 amide bonds. The number of carbonyl (C=O) groups excluding carboxylic acids is 5. The Morgan fingerprint density at radius 3 is 2.52 bits per heavy atom. The van der Waals surface area contributed by atoms with Crippen LogP contribution in [0.25, 0.3) is 0 Å². The van der Waals surface area contributed by atoms with Crippen molar-refractivity contribution in [2.45, 2.75) is 44.1 Å². The quantitative estimate of drug-likeness (QED) is 0.426. The smallest absolute Gasteiger partial charge is 0.325 e. The number of likely N-dealkylation sites (N-methyl/N-ethyl adjacent to an activating group) is 1. The molecule has 150 valence electrons. The number of amides is 5. The molecule has 0 bridgehead atoms. The number of rotatable bonds is 8. The zero-order valence-corrected chi connectivity index (χ0v) is 15.7. The number of imide groups is 1. The van der Waals surface area contributed by atoms with Gasteiger partial charge >= 0.3 is 12.0 Å². The van der Waals surface area contributed by atoms with Crippen molar-refractivity contribution >= 4 is 29.7 Å². The van der Waals surface area contributed by atoms with Gasteiger partial charge in [0.2, 0.25) is 5.91 Å². The lowest BCUT2D eigenvalue weighted by molar-refractivity contribution is -0.149. The van der Waals surface area contributed by atoms with Gasteiger partial charge in [-0.3, -0.25) is 24.1 Å². The van der Waals surface area contributed by atoms with Gasteiger partial charge in [-0.2, -0.15) is 0 Å². The summed E-state index contributed by atoms with van der Waals surface area (Å²) in [6, 6.07) is -0.416. The zero-order valence-electron chi connectivity index (χ0n) is 15.7. The Kier molecular flexibility index (Phi) is 6.75. The van der Waals surface area contributed by atoms with Gasteiger partial charge in [0.1, 0.15) is 5.54 Å². The fraction of sp³-hybridized carbons (Fsp3) is 0.706. The van der Waals surface area contributed by atoms with Crippen molar-refractivity contribution in [2.75, 3.05) is 33.8 Å². The molecule has 0 atom stereocenters. The monoisotopic (exact) mass is 382 g/mol. The average Bonchev–Trinajstić information content (AvgIpc) is 3.18. The van der Waals surface area contributed by atoms with Crippen LogP contribution < -0.4 is 10.6 Å². The van der Waals surface area contributed by atoms with E-state index >= 15 is 0 Å². The lowest BCUT2D eigenvalue weighted by atomic mass is 9.98. The molecule has 0 radical (unpaired) electrons. The van der Waals surface area contributed by atoms with Crippen LogP contribution in [0.1, 0.15) is 38.5 Å². The molecule has 27 heavy (non-hydrogen) atoms. The number of hydrogen-bond acceptors (Lipinski definition) is 6. The first-order valence-electron chi connectivity index (χ1n) is 9.02. The molecule has 0 aromatic carbocycles. The Bertz CT molecular complexity index is 627. The SMILES string of the molecule is CN(C)C(=O)CNC(=O)COC(=O)CCCN1C(=O)NC2(CCCC2)C1=O. The highest BCUT2D eigenvalue weighted by Crippen LogP contribution is 2.35. The van der Waals surface area contributed by atoms with E-state index in [1.165, 1.54) is 4.90 Å². The van der Waals surface area contributed by atoms with Gasteiger partial charge in [0.15, 0.2) is 6.61 Å². The number of esters is 1. The highest BCUT2D eigenvalue weighted by atomic mass is 16.5. The first-order valence-corrected chi connectivity index (χ1v) is 9.02. The van der Waals surface area contributed by atoms with Gasteiger partial charge in [0.05, 0.1) is 6.54 Å². The van der Waals surface area contributed by atoms with Crippen molar-refractivity contribution < 1.29 is 28.7 Å². The van der Waals surface area contributed by atoms with Gasteiger partial charge in [-0.05, 0) is 19.3 Å². The number of urea groups is 1. The molecule has 1 aliphatic heterocycles. The second kappa shape index (κ2) is 8.83.